The smallest absolute Gasteiger partial charge is 0.0464 e. The van der Waals surface area contributed by atoms with E-state index < -0.39 is 0 Å². The molecule has 1 heteroatoms. The molecule has 0 aliphatic heterocycles. The Bertz CT molecular complexity index is 105. The predicted octanol–water partition coefficient (Wildman–Crippen LogP) is 1.17. The van der Waals surface area contributed by atoms with Crippen LogP contribution in [0.5, 0.6) is 0 Å². The van der Waals surface area contributed by atoms with Gasteiger partial charge in [0.2, 0.25) is 0 Å². The molecule has 0 aromatic rings. The van der Waals surface area contributed by atoms with Crippen LogP contribution in [0.1, 0.15) is 25.7 Å². The molecule has 2 aliphatic rings. The lowest BCUT2D eigenvalue weighted by atomic mass is 9.80. The molecule has 0 aromatic carbocycles. The molecule has 1 spiro atoms. The summed E-state index contributed by atoms with van der Waals surface area (Å²) in [5.74, 6) is 0.705. The lowest BCUT2D eigenvalue weighted by Gasteiger charge is -2.26. The summed E-state index contributed by atoms with van der Waals surface area (Å²) < 4.78 is 0. The molecule has 8 heavy (non-hydrogen) atoms. The van der Waals surface area contributed by atoms with Crippen LogP contribution < -0.4 is 0 Å². The number of rotatable bonds is 1. The van der Waals surface area contributed by atoms with Gasteiger partial charge in [-0.15, -0.1) is 0 Å². The van der Waals surface area contributed by atoms with Crippen molar-refractivity contribution >= 4 is 0 Å². The molecule has 2 fully saturated rings. The summed E-state index contributed by atoms with van der Waals surface area (Å²) in [6.07, 6.45) is 5.54. The van der Waals surface area contributed by atoms with Gasteiger partial charge in [0.25, 0.3) is 0 Å². The Labute approximate surface area is 49.7 Å². The van der Waals surface area contributed by atoms with Crippen molar-refractivity contribution in [3.8, 4) is 0 Å². The van der Waals surface area contributed by atoms with Gasteiger partial charge >= 0.3 is 0 Å². The highest BCUT2D eigenvalue weighted by Gasteiger charge is 2.56. The van der Waals surface area contributed by atoms with Crippen molar-refractivity contribution in [3.63, 3.8) is 0 Å². The number of hydrogen-bond donors (Lipinski definition) is 1. The molecule has 1 atom stereocenters. The van der Waals surface area contributed by atoms with Crippen LogP contribution >= 0.6 is 0 Å². The molecule has 1 nitrogen and oxygen atoms in total. The quantitative estimate of drug-likeness (QED) is 0.540. The van der Waals surface area contributed by atoms with Crippen molar-refractivity contribution in [3.05, 3.63) is 0 Å². The summed E-state index contributed by atoms with van der Waals surface area (Å²) in [5, 5.41) is 8.71. The molecule has 0 radical (unpaired) electrons. The standard InChI is InChI=1S/C7H12O/c8-5-6-4-7(6)2-1-3-7/h6,8H,1-5H2/t6-/m1/s1. The molecule has 2 rings (SSSR count). The Hall–Kier alpha value is -0.0400. The van der Waals surface area contributed by atoms with Crippen molar-refractivity contribution < 1.29 is 5.11 Å². The zero-order valence-electron chi connectivity index (χ0n) is 5.06. The predicted molar refractivity (Wildman–Crippen MR) is 31.5 cm³/mol. The minimum atomic E-state index is 0.444. The van der Waals surface area contributed by atoms with Gasteiger partial charge in [-0.2, -0.15) is 0 Å². The van der Waals surface area contributed by atoms with Crippen LogP contribution in [0.25, 0.3) is 0 Å². The van der Waals surface area contributed by atoms with E-state index in [2.05, 4.69) is 0 Å². The minimum Gasteiger partial charge on any atom is -0.396 e. The van der Waals surface area contributed by atoms with E-state index in [-0.39, 0.29) is 0 Å². The van der Waals surface area contributed by atoms with E-state index in [4.69, 9.17) is 5.11 Å². The lowest BCUT2D eigenvalue weighted by molar-refractivity contribution is 0.196. The molecular formula is C7H12O. The van der Waals surface area contributed by atoms with Gasteiger partial charge in [-0.1, -0.05) is 6.42 Å². The summed E-state index contributed by atoms with van der Waals surface area (Å²) in [7, 11) is 0. The third kappa shape index (κ3) is 0.408. The Morgan fingerprint density at radius 3 is 2.38 bits per heavy atom. The Balaban J connectivity index is 1.93. The summed E-state index contributed by atoms with van der Waals surface area (Å²) in [6.45, 7) is 0.444. The molecule has 2 aliphatic carbocycles. The number of aliphatic hydroxyl groups excluding tert-OH is 1. The van der Waals surface area contributed by atoms with Crippen LogP contribution in [0, 0.1) is 11.3 Å². The Kier molecular flexibility index (Phi) is 0.762. The SMILES string of the molecule is OC[C@H]1CC12CCC2. The fraction of sp³-hybridized carbons (Fsp3) is 1.00. The monoisotopic (exact) mass is 112 g/mol. The average molecular weight is 112 g/mol. The van der Waals surface area contributed by atoms with E-state index in [1.165, 1.54) is 25.7 Å². The summed E-state index contributed by atoms with van der Waals surface area (Å²) >= 11 is 0. The first-order valence-corrected chi connectivity index (χ1v) is 3.48. The largest absolute Gasteiger partial charge is 0.396 e. The van der Waals surface area contributed by atoms with E-state index in [0.29, 0.717) is 17.9 Å². The van der Waals surface area contributed by atoms with Crippen LogP contribution in [0.2, 0.25) is 0 Å². The van der Waals surface area contributed by atoms with Gasteiger partial charge < -0.3 is 5.11 Å². The fourth-order valence-corrected chi connectivity index (χ4v) is 1.93. The molecule has 46 valence electrons. The Morgan fingerprint density at radius 1 is 1.50 bits per heavy atom. The highest BCUT2D eigenvalue weighted by atomic mass is 16.3. The van der Waals surface area contributed by atoms with Gasteiger partial charge in [-0.05, 0) is 30.6 Å². The van der Waals surface area contributed by atoms with Gasteiger partial charge in [0.15, 0.2) is 0 Å². The Morgan fingerprint density at radius 2 is 2.25 bits per heavy atom. The molecule has 0 bridgehead atoms. The van der Waals surface area contributed by atoms with Crippen LogP contribution in [0.4, 0.5) is 0 Å². The molecule has 0 amide bonds. The molecule has 2 saturated carbocycles. The minimum absolute atomic E-state index is 0.444. The molecule has 0 unspecified atom stereocenters. The topological polar surface area (TPSA) is 20.2 Å². The van der Waals surface area contributed by atoms with Crippen molar-refractivity contribution in [2.24, 2.45) is 11.3 Å². The van der Waals surface area contributed by atoms with Crippen molar-refractivity contribution in [2.45, 2.75) is 25.7 Å². The van der Waals surface area contributed by atoms with Crippen LogP contribution in [-0.2, 0) is 0 Å². The zero-order chi connectivity index (χ0) is 5.61. The fourth-order valence-electron chi connectivity index (χ4n) is 1.93. The van der Waals surface area contributed by atoms with Crippen LogP contribution in [0.3, 0.4) is 0 Å². The van der Waals surface area contributed by atoms with Gasteiger partial charge in [0, 0.05) is 6.61 Å². The van der Waals surface area contributed by atoms with Crippen LogP contribution in [0.15, 0.2) is 0 Å². The third-order valence-electron chi connectivity index (χ3n) is 2.93. The van der Waals surface area contributed by atoms with E-state index in [1.807, 2.05) is 0 Å². The lowest BCUT2D eigenvalue weighted by Crippen LogP contribution is -2.15. The second-order valence-electron chi connectivity index (χ2n) is 3.30. The van der Waals surface area contributed by atoms with E-state index in [0.717, 1.165) is 0 Å². The first-order chi connectivity index (χ1) is 3.87. The van der Waals surface area contributed by atoms with E-state index >= 15 is 0 Å². The number of hydrogen-bond acceptors (Lipinski definition) is 1. The second-order valence-corrected chi connectivity index (χ2v) is 3.30. The summed E-state index contributed by atoms with van der Waals surface area (Å²) in [4.78, 5) is 0. The zero-order valence-corrected chi connectivity index (χ0v) is 5.06. The maximum atomic E-state index is 8.71. The van der Waals surface area contributed by atoms with Crippen molar-refractivity contribution in [1.82, 2.24) is 0 Å². The van der Waals surface area contributed by atoms with Crippen molar-refractivity contribution in [1.29, 1.82) is 0 Å². The first kappa shape index (κ1) is 4.80. The molecule has 0 heterocycles. The average Bonchev–Trinajstić information content (AvgIpc) is 2.36. The molecule has 0 saturated heterocycles. The van der Waals surface area contributed by atoms with Crippen LogP contribution in [-0.4, -0.2) is 11.7 Å². The summed E-state index contributed by atoms with van der Waals surface area (Å²) in [5.41, 5.74) is 0.689. The maximum absolute atomic E-state index is 8.71. The van der Waals surface area contributed by atoms with Crippen molar-refractivity contribution in [2.75, 3.05) is 6.61 Å². The van der Waals surface area contributed by atoms with E-state index in [1.54, 1.807) is 0 Å². The van der Waals surface area contributed by atoms with Gasteiger partial charge in [-0.3, -0.25) is 0 Å². The first-order valence-electron chi connectivity index (χ1n) is 3.48. The van der Waals surface area contributed by atoms with Gasteiger partial charge in [-0.25, -0.2) is 0 Å². The van der Waals surface area contributed by atoms with Gasteiger partial charge in [0.05, 0.1) is 0 Å². The second kappa shape index (κ2) is 1.27. The third-order valence-corrected chi connectivity index (χ3v) is 2.93. The molecule has 0 aromatic heterocycles. The van der Waals surface area contributed by atoms with E-state index in [9.17, 15) is 0 Å². The molecule has 1 N–H and O–H groups in total. The number of aliphatic hydroxyl groups is 1. The highest BCUT2D eigenvalue weighted by molar-refractivity contribution is 5.06. The van der Waals surface area contributed by atoms with Gasteiger partial charge in [0.1, 0.15) is 0 Å². The molecular weight excluding hydrogens is 100 g/mol. The summed E-state index contributed by atoms with van der Waals surface area (Å²) in [6, 6.07) is 0. The normalized spacial score (nSPS) is 39.4. The highest BCUT2D eigenvalue weighted by Crippen LogP contribution is 2.65. The maximum Gasteiger partial charge on any atom is 0.0464 e.